The van der Waals surface area contributed by atoms with Crippen molar-refractivity contribution >= 4 is 5.97 Å². The highest BCUT2D eigenvalue weighted by molar-refractivity contribution is 5.70. The number of fused-ring (bicyclic) bond motifs is 4. The predicted molar refractivity (Wildman–Crippen MR) is 107 cm³/mol. The first-order chi connectivity index (χ1) is 12.6. The number of aliphatic hydroxyl groups excluding tert-OH is 1. The van der Waals surface area contributed by atoms with Gasteiger partial charge in [0.15, 0.2) is 0 Å². The van der Waals surface area contributed by atoms with Crippen molar-refractivity contribution < 1.29 is 14.6 Å². The van der Waals surface area contributed by atoms with E-state index < -0.39 is 0 Å². The van der Waals surface area contributed by atoms with Gasteiger partial charge in [-0.25, -0.2) is 0 Å². The van der Waals surface area contributed by atoms with E-state index in [-0.39, 0.29) is 28.3 Å². The Balaban J connectivity index is 1.69. The fourth-order valence-corrected chi connectivity index (χ4v) is 7.36. The van der Waals surface area contributed by atoms with Gasteiger partial charge in [0.2, 0.25) is 0 Å². The summed E-state index contributed by atoms with van der Waals surface area (Å²) in [5.41, 5.74) is 5.17. The van der Waals surface area contributed by atoms with Gasteiger partial charge in [-0.3, -0.25) is 4.79 Å². The molecule has 0 aromatic rings. The third-order valence-corrected chi connectivity index (χ3v) is 9.18. The van der Waals surface area contributed by atoms with Crippen LogP contribution in [-0.2, 0) is 9.53 Å². The van der Waals surface area contributed by atoms with E-state index in [1.807, 2.05) is 0 Å². The summed E-state index contributed by atoms with van der Waals surface area (Å²) in [6, 6.07) is 0. The zero-order valence-corrected chi connectivity index (χ0v) is 17.7. The van der Waals surface area contributed by atoms with Gasteiger partial charge in [0.25, 0.3) is 0 Å². The number of rotatable bonds is 2. The fourth-order valence-electron chi connectivity index (χ4n) is 7.36. The molecule has 2 unspecified atom stereocenters. The summed E-state index contributed by atoms with van der Waals surface area (Å²) >= 11 is 0. The third kappa shape index (κ3) is 2.60. The standard InChI is InChI=1S/C24H36O3/c1-22(2)19-9-7-16-17-8-6-15(14-21(26)27-5)23(17,3)12-10-18(16)24(19,4)13-11-20(22)25/h8,15,19-20,25H,6-7,9-14H2,1-5H3/t15-,19?,20?,23-,24-/m1/s1. The minimum absolute atomic E-state index is 0.0102. The summed E-state index contributed by atoms with van der Waals surface area (Å²) in [6.07, 6.45) is 10.4. The molecular formula is C24H36O3. The normalized spacial score (nSPS) is 42.7. The van der Waals surface area contributed by atoms with Gasteiger partial charge in [-0.2, -0.15) is 0 Å². The molecule has 4 rings (SSSR count). The van der Waals surface area contributed by atoms with Gasteiger partial charge in [0.1, 0.15) is 0 Å². The Kier molecular flexibility index (Phi) is 4.42. The van der Waals surface area contributed by atoms with Crippen molar-refractivity contribution in [3.63, 3.8) is 0 Å². The van der Waals surface area contributed by atoms with Gasteiger partial charge in [-0.15, -0.1) is 0 Å². The fraction of sp³-hybridized carbons (Fsp3) is 0.792. The smallest absolute Gasteiger partial charge is 0.305 e. The molecule has 3 nitrogen and oxygen atoms in total. The molecule has 0 aliphatic heterocycles. The molecule has 150 valence electrons. The van der Waals surface area contributed by atoms with Crippen LogP contribution in [0.1, 0.15) is 79.1 Å². The van der Waals surface area contributed by atoms with Gasteiger partial charge in [0, 0.05) is 6.42 Å². The van der Waals surface area contributed by atoms with Crippen molar-refractivity contribution in [2.24, 2.45) is 28.1 Å². The lowest BCUT2D eigenvalue weighted by Gasteiger charge is -2.59. The van der Waals surface area contributed by atoms with Crippen molar-refractivity contribution in [3.8, 4) is 0 Å². The molecule has 1 N–H and O–H groups in total. The molecule has 3 heteroatoms. The van der Waals surface area contributed by atoms with Crippen LogP contribution in [0.15, 0.2) is 22.8 Å². The molecule has 0 heterocycles. The lowest BCUT2D eigenvalue weighted by Crippen LogP contribution is -2.53. The van der Waals surface area contributed by atoms with E-state index in [1.165, 1.54) is 13.5 Å². The van der Waals surface area contributed by atoms with Crippen LogP contribution in [-0.4, -0.2) is 24.3 Å². The largest absolute Gasteiger partial charge is 0.469 e. The molecule has 1 fully saturated rings. The van der Waals surface area contributed by atoms with E-state index in [9.17, 15) is 9.90 Å². The molecule has 27 heavy (non-hydrogen) atoms. The average Bonchev–Trinajstić information content (AvgIpc) is 2.95. The molecular weight excluding hydrogens is 336 g/mol. The zero-order chi connectivity index (χ0) is 19.6. The third-order valence-electron chi connectivity index (χ3n) is 9.18. The molecule has 0 aromatic heterocycles. The van der Waals surface area contributed by atoms with E-state index in [1.54, 1.807) is 16.7 Å². The monoisotopic (exact) mass is 372 g/mol. The predicted octanol–water partition coefficient (Wildman–Crippen LogP) is 5.19. The van der Waals surface area contributed by atoms with Crippen molar-refractivity contribution in [2.75, 3.05) is 7.11 Å². The van der Waals surface area contributed by atoms with E-state index in [2.05, 4.69) is 33.8 Å². The van der Waals surface area contributed by atoms with Crippen LogP contribution in [0.25, 0.3) is 0 Å². The first-order valence-electron chi connectivity index (χ1n) is 10.8. The summed E-state index contributed by atoms with van der Waals surface area (Å²) in [5, 5.41) is 10.6. The van der Waals surface area contributed by atoms with Gasteiger partial charge >= 0.3 is 5.97 Å². The molecule has 0 saturated heterocycles. The lowest BCUT2D eigenvalue weighted by molar-refractivity contribution is -0.142. The minimum Gasteiger partial charge on any atom is -0.469 e. The molecule has 0 amide bonds. The second-order valence-electron chi connectivity index (χ2n) is 10.6. The molecule has 0 spiro atoms. The second kappa shape index (κ2) is 6.20. The van der Waals surface area contributed by atoms with E-state index in [0.717, 1.165) is 38.5 Å². The van der Waals surface area contributed by atoms with Crippen LogP contribution < -0.4 is 0 Å². The summed E-state index contributed by atoms with van der Waals surface area (Å²) in [4.78, 5) is 11.9. The summed E-state index contributed by atoms with van der Waals surface area (Å²) in [7, 11) is 1.50. The summed E-state index contributed by atoms with van der Waals surface area (Å²) in [5.74, 6) is 0.864. The van der Waals surface area contributed by atoms with Crippen LogP contribution in [0.2, 0.25) is 0 Å². The van der Waals surface area contributed by atoms with Gasteiger partial charge in [0.05, 0.1) is 13.2 Å². The van der Waals surface area contributed by atoms with Crippen molar-refractivity contribution in [3.05, 3.63) is 22.8 Å². The lowest BCUT2D eigenvalue weighted by atomic mass is 9.46. The highest BCUT2D eigenvalue weighted by Crippen LogP contribution is 2.66. The van der Waals surface area contributed by atoms with Gasteiger partial charge in [-0.1, -0.05) is 39.3 Å². The molecule has 0 bridgehead atoms. The average molecular weight is 373 g/mol. The molecule has 1 saturated carbocycles. The maximum atomic E-state index is 11.9. The van der Waals surface area contributed by atoms with E-state index >= 15 is 0 Å². The van der Waals surface area contributed by atoms with Crippen LogP contribution >= 0.6 is 0 Å². The SMILES string of the molecule is COC(=O)C[C@H]1CC=C2C3=C(CC[C@@]21C)[C@@]1(C)CCC(O)C(C)(C)C1CC3. The quantitative estimate of drug-likeness (QED) is 0.679. The molecule has 0 radical (unpaired) electrons. The van der Waals surface area contributed by atoms with Crippen LogP contribution in [0.3, 0.4) is 0 Å². The number of methoxy groups -OCH3 is 1. The van der Waals surface area contributed by atoms with Gasteiger partial charge < -0.3 is 9.84 Å². The van der Waals surface area contributed by atoms with Crippen LogP contribution in [0.5, 0.6) is 0 Å². The number of aliphatic hydroxyl groups is 1. The first-order valence-corrected chi connectivity index (χ1v) is 10.8. The Morgan fingerprint density at radius 1 is 1.15 bits per heavy atom. The Morgan fingerprint density at radius 3 is 2.59 bits per heavy atom. The maximum Gasteiger partial charge on any atom is 0.305 e. The van der Waals surface area contributed by atoms with Crippen molar-refractivity contribution in [1.29, 1.82) is 0 Å². The molecule has 0 aromatic carbocycles. The molecule has 4 aliphatic carbocycles. The van der Waals surface area contributed by atoms with E-state index in [4.69, 9.17) is 4.74 Å². The number of hydrogen-bond acceptors (Lipinski definition) is 3. The van der Waals surface area contributed by atoms with Crippen LogP contribution in [0.4, 0.5) is 0 Å². The Labute approximate surface area is 164 Å². The van der Waals surface area contributed by atoms with Crippen molar-refractivity contribution in [1.82, 2.24) is 0 Å². The minimum atomic E-state index is -0.179. The summed E-state index contributed by atoms with van der Waals surface area (Å²) < 4.78 is 4.97. The number of hydrogen-bond donors (Lipinski definition) is 1. The Hall–Kier alpha value is -1.09. The van der Waals surface area contributed by atoms with Crippen LogP contribution in [0, 0.1) is 28.1 Å². The van der Waals surface area contributed by atoms with Gasteiger partial charge in [-0.05, 0) is 84.2 Å². The number of ether oxygens (including phenoxy) is 1. The number of esters is 1. The molecule has 4 aliphatic rings. The Bertz CT molecular complexity index is 715. The highest BCUT2D eigenvalue weighted by Gasteiger charge is 2.57. The molecule has 5 atom stereocenters. The zero-order valence-electron chi connectivity index (χ0n) is 17.7. The Morgan fingerprint density at radius 2 is 1.89 bits per heavy atom. The topological polar surface area (TPSA) is 46.5 Å². The van der Waals surface area contributed by atoms with Crippen molar-refractivity contribution in [2.45, 2.75) is 85.2 Å². The highest BCUT2D eigenvalue weighted by atomic mass is 16.5. The summed E-state index contributed by atoms with van der Waals surface area (Å²) in [6.45, 7) is 9.41. The maximum absolute atomic E-state index is 11.9. The number of carbonyl (C=O) groups is 1. The number of carbonyl (C=O) groups excluding carboxylic acids is 1. The second-order valence-corrected chi connectivity index (χ2v) is 10.6. The number of allylic oxidation sites excluding steroid dienone is 4. The first kappa shape index (κ1) is 19.2. The van der Waals surface area contributed by atoms with E-state index in [0.29, 0.717) is 18.3 Å².